The third-order valence-electron chi connectivity index (χ3n) is 2.87. The van der Waals surface area contributed by atoms with Gasteiger partial charge in [-0.1, -0.05) is 23.7 Å². The monoisotopic (exact) mass is 325 g/mol. The number of hydrogen-bond acceptors (Lipinski definition) is 2. The van der Waals surface area contributed by atoms with Crippen LogP contribution in [0.2, 0.25) is 5.02 Å². The Hall–Kier alpha value is -2.21. The molecule has 0 aliphatic rings. The smallest absolute Gasteiger partial charge is 0.282 e. The fourth-order valence-electron chi connectivity index (χ4n) is 1.93. The van der Waals surface area contributed by atoms with Gasteiger partial charge in [0.05, 0.1) is 5.56 Å². The number of carbonyl (C=O) groups is 1. The molecule has 116 valence electrons. The van der Waals surface area contributed by atoms with Crippen molar-refractivity contribution in [2.24, 2.45) is 7.05 Å². The molecule has 0 aliphatic carbocycles. The molecule has 7 heteroatoms. The number of nitrogens with zero attached hydrogens (tertiary/aromatic N) is 2. The maximum Gasteiger partial charge on any atom is 0.282 e. The van der Waals surface area contributed by atoms with Crippen LogP contribution in [0, 0.1) is 0 Å². The molecule has 0 saturated heterocycles. The van der Waals surface area contributed by atoms with Gasteiger partial charge in [-0.2, -0.15) is 5.10 Å². The molecule has 2 aromatic rings. The van der Waals surface area contributed by atoms with E-state index in [1.54, 1.807) is 37.3 Å². The first-order chi connectivity index (χ1) is 10.4. The summed E-state index contributed by atoms with van der Waals surface area (Å²) in [6, 6.07) is 7.01. The highest BCUT2D eigenvalue weighted by molar-refractivity contribution is 6.30. The minimum atomic E-state index is -2.80. The standard InChI is InChI=1S/C15H14ClF2N3O/c1-9(7-10-3-5-11(16)6-4-10)19-15(22)12-8-21(2)20-13(12)14(17)18/h3-8,14H,1-2H3,(H,19,22). The fraction of sp³-hybridized carbons (Fsp3) is 0.200. The summed E-state index contributed by atoms with van der Waals surface area (Å²) in [5.74, 6) is -0.619. The van der Waals surface area contributed by atoms with E-state index in [1.807, 2.05) is 0 Å². The highest BCUT2D eigenvalue weighted by Crippen LogP contribution is 2.21. The van der Waals surface area contributed by atoms with Gasteiger partial charge in [0.2, 0.25) is 0 Å². The summed E-state index contributed by atoms with van der Waals surface area (Å²) in [5.41, 5.74) is 0.694. The molecule has 4 nitrogen and oxygen atoms in total. The van der Waals surface area contributed by atoms with Gasteiger partial charge < -0.3 is 5.32 Å². The number of aromatic nitrogens is 2. The number of allylic oxidation sites excluding steroid dienone is 1. The van der Waals surface area contributed by atoms with E-state index in [2.05, 4.69) is 10.4 Å². The third kappa shape index (κ3) is 3.92. The van der Waals surface area contributed by atoms with E-state index in [0.29, 0.717) is 10.7 Å². The lowest BCUT2D eigenvalue weighted by Crippen LogP contribution is -2.22. The fourth-order valence-corrected chi connectivity index (χ4v) is 2.06. The third-order valence-corrected chi connectivity index (χ3v) is 3.12. The Bertz CT molecular complexity index is 708. The largest absolute Gasteiger partial charge is 0.326 e. The molecule has 0 aliphatic heterocycles. The number of nitrogens with one attached hydrogen (secondary N) is 1. The van der Waals surface area contributed by atoms with Crippen molar-refractivity contribution in [1.82, 2.24) is 15.1 Å². The molecule has 0 radical (unpaired) electrons. The molecule has 1 aromatic carbocycles. The number of carbonyl (C=O) groups excluding carboxylic acids is 1. The van der Waals surface area contributed by atoms with Gasteiger partial charge in [0.25, 0.3) is 12.3 Å². The van der Waals surface area contributed by atoms with Gasteiger partial charge in [-0.15, -0.1) is 0 Å². The van der Waals surface area contributed by atoms with Crippen LogP contribution in [0.5, 0.6) is 0 Å². The van der Waals surface area contributed by atoms with Crippen molar-refractivity contribution in [3.8, 4) is 0 Å². The summed E-state index contributed by atoms with van der Waals surface area (Å²) in [4.78, 5) is 12.1. The molecule has 1 heterocycles. The first-order valence-electron chi connectivity index (χ1n) is 6.43. The van der Waals surface area contributed by atoms with Crippen molar-refractivity contribution in [2.75, 3.05) is 0 Å². The Morgan fingerprint density at radius 1 is 1.36 bits per heavy atom. The second-order valence-electron chi connectivity index (χ2n) is 4.74. The minimum absolute atomic E-state index is 0.138. The van der Waals surface area contributed by atoms with E-state index in [4.69, 9.17) is 11.6 Å². The van der Waals surface area contributed by atoms with Crippen molar-refractivity contribution in [3.63, 3.8) is 0 Å². The number of aryl methyl sites for hydroxylation is 1. The van der Waals surface area contributed by atoms with Gasteiger partial charge in [-0.25, -0.2) is 8.78 Å². The molecule has 0 fully saturated rings. The van der Waals surface area contributed by atoms with Crippen LogP contribution in [0.4, 0.5) is 8.78 Å². The lowest BCUT2D eigenvalue weighted by atomic mass is 10.2. The van der Waals surface area contributed by atoms with Gasteiger partial charge in [0.15, 0.2) is 0 Å². The molecular formula is C15H14ClF2N3O. The maximum absolute atomic E-state index is 12.8. The number of hydrogen-bond donors (Lipinski definition) is 1. The Balaban J connectivity index is 2.16. The number of amides is 1. The van der Waals surface area contributed by atoms with E-state index in [-0.39, 0.29) is 5.56 Å². The Labute approximate surface area is 131 Å². The molecular weight excluding hydrogens is 312 g/mol. The van der Waals surface area contributed by atoms with Crippen LogP contribution in [0.25, 0.3) is 6.08 Å². The average Bonchev–Trinajstić information content (AvgIpc) is 2.84. The van der Waals surface area contributed by atoms with Crippen molar-refractivity contribution in [2.45, 2.75) is 13.3 Å². The van der Waals surface area contributed by atoms with Crippen LogP contribution in [0.3, 0.4) is 0 Å². The van der Waals surface area contributed by atoms with Crippen LogP contribution in [0.15, 0.2) is 36.2 Å². The Morgan fingerprint density at radius 3 is 2.59 bits per heavy atom. The van der Waals surface area contributed by atoms with Crippen LogP contribution < -0.4 is 5.32 Å². The van der Waals surface area contributed by atoms with E-state index in [9.17, 15) is 13.6 Å². The molecule has 1 amide bonds. The molecule has 1 aromatic heterocycles. The second kappa shape index (κ2) is 6.70. The number of halogens is 3. The predicted molar refractivity (Wildman–Crippen MR) is 80.7 cm³/mol. The molecule has 0 saturated carbocycles. The van der Waals surface area contributed by atoms with Crippen molar-refractivity contribution >= 4 is 23.6 Å². The molecule has 0 unspecified atom stereocenters. The number of rotatable bonds is 4. The van der Waals surface area contributed by atoms with E-state index in [1.165, 1.54) is 17.9 Å². The van der Waals surface area contributed by atoms with Crippen molar-refractivity contribution < 1.29 is 13.6 Å². The number of alkyl halides is 2. The van der Waals surface area contributed by atoms with Gasteiger partial charge in [0, 0.05) is 24.0 Å². The quantitative estimate of drug-likeness (QED) is 0.929. The van der Waals surface area contributed by atoms with Gasteiger partial charge in [-0.3, -0.25) is 9.48 Å². The van der Waals surface area contributed by atoms with E-state index < -0.39 is 18.0 Å². The van der Waals surface area contributed by atoms with Crippen LogP contribution in [-0.4, -0.2) is 15.7 Å². The van der Waals surface area contributed by atoms with Crippen LogP contribution in [-0.2, 0) is 7.05 Å². The SMILES string of the molecule is CC(=Cc1ccc(Cl)cc1)NC(=O)c1cn(C)nc1C(F)F. The summed E-state index contributed by atoms with van der Waals surface area (Å²) in [6.45, 7) is 1.67. The second-order valence-corrected chi connectivity index (χ2v) is 5.17. The molecule has 0 bridgehead atoms. The van der Waals surface area contributed by atoms with Crippen LogP contribution in [0.1, 0.15) is 35.0 Å². The first kappa shape index (κ1) is 16.2. The van der Waals surface area contributed by atoms with Crippen molar-refractivity contribution in [3.05, 3.63) is 58.0 Å². The van der Waals surface area contributed by atoms with E-state index >= 15 is 0 Å². The zero-order chi connectivity index (χ0) is 16.3. The zero-order valence-corrected chi connectivity index (χ0v) is 12.7. The highest BCUT2D eigenvalue weighted by atomic mass is 35.5. The van der Waals surface area contributed by atoms with Crippen LogP contribution >= 0.6 is 11.6 Å². The molecule has 0 spiro atoms. The highest BCUT2D eigenvalue weighted by Gasteiger charge is 2.22. The zero-order valence-electron chi connectivity index (χ0n) is 12.0. The van der Waals surface area contributed by atoms with E-state index in [0.717, 1.165) is 5.56 Å². The van der Waals surface area contributed by atoms with Crippen molar-refractivity contribution in [1.29, 1.82) is 0 Å². The summed E-state index contributed by atoms with van der Waals surface area (Å²) in [5, 5.41) is 6.78. The normalized spacial score (nSPS) is 11.8. The summed E-state index contributed by atoms with van der Waals surface area (Å²) in [6.07, 6.45) is 0.182. The number of benzene rings is 1. The lowest BCUT2D eigenvalue weighted by molar-refractivity contribution is 0.0951. The van der Waals surface area contributed by atoms with Gasteiger partial charge in [0.1, 0.15) is 5.69 Å². The minimum Gasteiger partial charge on any atom is -0.326 e. The topological polar surface area (TPSA) is 46.9 Å². The maximum atomic E-state index is 12.8. The Morgan fingerprint density at radius 2 is 2.00 bits per heavy atom. The average molecular weight is 326 g/mol. The summed E-state index contributed by atoms with van der Waals surface area (Å²) in [7, 11) is 1.49. The van der Waals surface area contributed by atoms with Gasteiger partial charge in [-0.05, 0) is 30.7 Å². The molecule has 22 heavy (non-hydrogen) atoms. The Kier molecular flexibility index (Phi) is 4.92. The summed E-state index contributed by atoms with van der Waals surface area (Å²) >= 11 is 5.79. The summed E-state index contributed by atoms with van der Waals surface area (Å²) < 4.78 is 26.9. The predicted octanol–water partition coefficient (Wildman–Crippen LogP) is 3.80. The first-order valence-corrected chi connectivity index (χ1v) is 6.81. The lowest BCUT2D eigenvalue weighted by Gasteiger charge is -2.05. The molecule has 2 rings (SSSR count). The molecule has 0 atom stereocenters. The molecule has 1 N–H and O–H groups in total. The van der Waals surface area contributed by atoms with Gasteiger partial charge >= 0.3 is 0 Å².